The minimum absolute atomic E-state index is 0.267. The van der Waals surface area contributed by atoms with Crippen LogP contribution in [-0.4, -0.2) is 68.7 Å². The van der Waals surface area contributed by atoms with Crippen LogP contribution in [0.5, 0.6) is 5.75 Å². The van der Waals surface area contributed by atoms with Gasteiger partial charge in [0.25, 0.3) is 0 Å². The number of furan rings is 1. The molecule has 0 saturated carbocycles. The number of para-hydroxylation sites is 1. The Labute approximate surface area is 265 Å². The van der Waals surface area contributed by atoms with Crippen molar-refractivity contribution in [3.8, 4) is 17.1 Å². The first-order valence-corrected chi connectivity index (χ1v) is 15.2. The van der Waals surface area contributed by atoms with Crippen LogP contribution in [0.1, 0.15) is 17.5 Å². The van der Waals surface area contributed by atoms with Crippen LogP contribution < -0.4 is 20.7 Å². The summed E-state index contributed by atoms with van der Waals surface area (Å²) in [5.74, 6) is 1.61. The second kappa shape index (κ2) is 15.2. The summed E-state index contributed by atoms with van der Waals surface area (Å²) in [6.07, 6.45) is 3.55. The van der Waals surface area contributed by atoms with Crippen molar-refractivity contribution in [1.29, 1.82) is 0 Å². The third-order valence-corrected chi connectivity index (χ3v) is 7.29. The predicted octanol–water partition coefficient (Wildman–Crippen LogP) is 7.19. The fourth-order valence-corrected chi connectivity index (χ4v) is 5.02. The molecule has 2 aromatic heterocycles. The van der Waals surface area contributed by atoms with Crippen molar-refractivity contribution in [2.24, 2.45) is 0 Å². The van der Waals surface area contributed by atoms with Gasteiger partial charge in [0.15, 0.2) is 0 Å². The Kier molecular flexibility index (Phi) is 10.7. The lowest BCUT2D eigenvalue weighted by Gasteiger charge is -2.15. The number of ether oxygens (including phenoxy) is 1. The number of nitrogens with zero attached hydrogens (tertiary/aromatic N) is 3. The molecular weight excluding hydrogens is 564 g/mol. The van der Waals surface area contributed by atoms with Crippen molar-refractivity contribution in [3.05, 3.63) is 102 Å². The highest BCUT2D eigenvalue weighted by molar-refractivity contribution is 6.00. The standard InChI is InChI=1S/C36H42N6O3/c1-41(2)22-7-23-44-30-16-12-27(13-17-30)34-24-31-33(19-21-38-35(31)45-34)37-20-18-26-10-14-29(15-11-26)39-36(43)40-32-9-6-5-8-28(32)25-42(3)4/h5-6,8-17,19,21,24H,7,18,20,22-23,25H2,1-4H3,(H,37,38)(H2,39,40,43). The van der Waals surface area contributed by atoms with E-state index in [9.17, 15) is 4.79 Å². The lowest BCUT2D eigenvalue weighted by molar-refractivity contribution is 0.262. The molecule has 0 aliphatic heterocycles. The molecule has 0 aliphatic rings. The Balaban J connectivity index is 1.13. The molecule has 0 atom stereocenters. The van der Waals surface area contributed by atoms with E-state index in [1.165, 1.54) is 0 Å². The van der Waals surface area contributed by atoms with Gasteiger partial charge in [-0.2, -0.15) is 0 Å². The van der Waals surface area contributed by atoms with E-state index >= 15 is 0 Å². The summed E-state index contributed by atoms with van der Waals surface area (Å²) in [6.45, 7) is 3.16. The van der Waals surface area contributed by atoms with Crippen molar-refractivity contribution in [1.82, 2.24) is 14.8 Å². The largest absolute Gasteiger partial charge is 0.494 e. The first kappa shape index (κ1) is 31.6. The van der Waals surface area contributed by atoms with Gasteiger partial charge in [-0.3, -0.25) is 0 Å². The number of hydrogen-bond acceptors (Lipinski definition) is 7. The molecule has 0 bridgehead atoms. The topological polar surface area (TPSA) is 94.9 Å². The van der Waals surface area contributed by atoms with Gasteiger partial charge in [0.2, 0.25) is 5.71 Å². The van der Waals surface area contributed by atoms with Gasteiger partial charge < -0.3 is 34.9 Å². The van der Waals surface area contributed by atoms with Crippen LogP contribution in [0, 0.1) is 0 Å². The fraction of sp³-hybridized carbons (Fsp3) is 0.278. The fourth-order valence-electron chi connectivity index (χ4n) is 5.02. The minimum atomic E-state index is -0.267. The number of carbonyl (C=O) groups is 1. The smallest absolute Gasteiger partial charge is 0.323 e. The highest BCUT2D eigenvalue weighted by Gasteiger charge is 2.12. The number of fused-ring (bicyclic) bond motifs is 1. The SMILES string of the molecule is CN(C)CCCOc1ccc(-c2cc3c(NCCc4ccc(NC(=O)Nc5ccccc5CN(C)C)cc4)ccnc3o2)cc1. The quantitative estimate of drug-likeness (QED) is 0.115. The Hall–Kier alpha value is -4.86. The van der Waals surface area contributed by atoms with E-state index in [-0.39, 0.29) is 6.03 Å². The van der Waals surface area contributed by atoms with Crippen molar-refractivity contribution < 1.29 is 13.9 Å². The molecule has 2 amide bonds. The number of nitrogens with one attached hydrogen (secondary N) is 3. The number of anilines is 3. The normalized spacial score (nSPS) is 11.2. The van der Waals surface area contributed by atoms with E-state index in [1.54, 1.807) is 6.20 Å². The van der Waals surface area contributed by atoms with Gasteiger partial charge in [-0.25, -0.2) is 9.78 Å². The molecule has 0 saturated heterocycles. The third-order valence-electron chi connectivity index (χ3n) is 7.29. The number of urea groups is 1. The van der Waals surface area contributed by atoms with Crippen LogP contribution in [0.25, 0.3) is 22.4 Å². The summed E-state index contributed by atoms with van der Waals surface area (Å²) in [6, 6.07) is 27.4. The molecule has 0 unspecified atom stereocenters. The zero-order valence-electron chi connectivity index (χ0n) is 26.5. The van der Waals surface area contributed by atoms with Crippen LogP contribution in [0.15, 0.2) is 95.5 Å². The van der Waals surface area contributed by atoms with Crippen LogP contribution in [0.2, 0.25) is 0 Å². The zero-order chi connectivity index (χ0) is 31.6. The van der Waals surface area contributed by atoms with Crippen molar-refractivity contribution >= 4 is 34.2 Å². The minimum Gasteiger partial charge on any atom is -0.494 e. The number of benzene rings is 3. The molecule has 3 aromatic carbocycles. The Bertz CT molecular complexity index is 1680. The van der Waals surface area contributed by atoms with Gasteiger partial charge in [-0.15, -0.1) is 0 Å². The molecule has 45 heavy (non-hydrogen) atoms. The van der Waals surface area contributed by atoms with E-state index in [2.05, 4.69) is 44.8 Å². The third kappa shape index (κ3) is 9.07. The molecule has 0 radical (unpaired) electrons. The van der Waals surface area contributed by atoms with E-state index in [4.69, 9.17) is 9.15 Å². The second-order valence-electron chi connectivity index (χ2n) is 11.6. The van der Waals surface area contributed by atoms with Gasteiger partial charge in [-0.05, 0) is 107 Å². The molecule has 5 rings (SSSR count). The van der Waals surface area contributed by atoms with E-state index < -0.39 is 0 Å². The number of carbonyl (C=O) groups excluding carboxylic acids is 1. The maximum Gasteiger partial charge on any atom is 0.323 e. The van der Waals surface area contributed by atoms with Crippen LogP contribution >= 0.6 is 0 Å². The van der Waals surface area contributed by atoms with Crippen molar-refractivity contribution in [2.45, 2.75) is 19.4 Å². The number of amides is 2. The van der Waals surface area contributed by atoms with Crippen LogP contribution in [0.4, 0.5) is 21.9 Å². The molecule has 9 nitrogen and oxygen atoms in total. The summed E-state index contributed by atoms with van der Waals surface area (Å²) in [7, 11) is 8.14. The summed E-state index contributed by atoms with van der Waals surface area (Å²) >= 11 is 0. The first-order valence-electron chi connectivity index (χ1n) is 15.2. The van der Waals surface area contributed by atoms with Gasteiger partial charge >= 0.3 is 6.03 Å². The van der Waals surface area contributed by atoms with Crippen LogP contribution in [0.3, 0.4) is 0 Å². The van der Waals surface area contributed by atoms with Gasteiger partial charge in [0.1, 0.15) is 11.5 Å². The Morgan fingerprint density at radius 3 is 2.40 bits per heavy atom. The molecule has 5 aromatic rings. The first-order chi connectivity index (χ1) is 21.8. The summed E-state index contributed by atoms with van der Waals surface area (Å²) in [4.78, 5) is 21.3. The predicted molar refractivity (Wildman–Crippen MR) is 183 cm³/mol. The van der Waals surface area contributed by atoms with Crippen molar-refractivity contribution in [2.75, 3.05) is 63.8 Å². The average molecular weight is 607 g/mol. The van der Waals surface area contributed by atoms with Crippen molar-refractivity contribution in [3.63, 3.8) is 0 Å². The number of aromatic nitrogens is 1. The Morgan fingerprint density at radius 2 is 1.64 bits per heavy atom. The molecular formula is C36H42N6O3. The lowest BCUT2D eigenvalue weighted by atomic mass is 10.1. The van der Waals surface area contributed by atoms with Gasteiger partial charge in [0, 0.05) is 48.5 Å². The molecule has 2 heterocycles. The number of pyridine rings is 1. The molecule has 0 spiro atoms. The molecule has 234 valence electrons. The average Bonchev–Trinajstić information content (AvgIpc) is 3.47. The van der Waals surface area contributed by atoms with Gasteiger partial charge in [0.05, 0.1) is 12.0 Å². The van der Waals surface area contributed by atoms with Crippen LogP contribution in [-0.2, 0) is 13.0 Å². The maximum absolute atomic E-state index is 12.6. The lowest BCUT2D eigenvalue weighted by Crippen LogP contribution is -2.21. The summed E-state index contributed by atoms with van der Waals surface area (Å²) in [5.41, 5.74) is 6.30. The zero-order valence-corrected chi connectivity index (χ0v) is 26.5. The monoisotopic (exact) mass is 606 g/mol. The second-order valence-corrected chi connectivity index (χ2v) is 11.6. The van der Waals surface area contributed by atoms with E-state index in [0.29, 0.717) is 12.3 Å². The summed E-state index contributed by atoms with van der Waals surface area (Å²) < 4.78 is 12.0. The molecule has 3 N–H and O–H groups in total. The summed E-state index contributed by atoms with van der Waals surface area (Å²) in [5, 5.41) is 10.4. The van der Waals surface area contributed by atoms with E-state index in [0.717, 1.165) is 83.1 Å². The highest BCUT2D eigenvalue weighted by atomic mass is 16.5. The molecule has 0 fully saturated rings. The number of rotatable bonds is 14. The van der Waals surface area contributed by atoms with Gasteiger partial charge in [-0.1, -0.05) is 30.3 Å². The van der Waals surface area contributed by atoms with E-state index in [1.807, 2.05) is 99.0 Å². The molecule has 9 heteroatoms. The highest BCUT2D eigenvalue weighted by Crippen LogP contribution is 2.32. The maximum atomic E-state index is 12.6. The molecule has 0 aliphatic carbocycles. The number of hydrogen-bond donors (Lipinski definition) is 3. The Morgan fingerprint density at radius 1 is 0.867 bits per heavy atom.